The molecule has 0 atom stereocenters. The molecule has 21 heavy (non-hydrogen) atoms. The molecule has 0 aliphatic heterocycles. The lowest BCUT2D eigenvalue weighted by Crippen LogP contribution is -2.06. The summed E-state index contributed by atoms with van der Waals surface area (Å²) in [6, 6.07) is 11.2. The molecule has 0 aliphatic carbocycles. The van der Waals surface area contributed by atoms with Crippen LogP contribution in [0.25, 0.3) is 16.9 Å². The molecule has 3 aromatic rings. The zero-order valence-corrected chi connectivity index (χ0v) is 11.9. The van der Waals surface area contributed by atoms with Crippen LogP contribution in [0.4, 0.5) is 5.82 Å². The number of hydrogen-bond acceptors (Lipinski definition) is 3. The maximum absolute atomic E-state index is 12.1. The van der Waals surface area contributed by atoms with Gasteiger partial charge in [-0.1, -0.05) is 18.2 Å². The van der Waals surface area contributed by atoms with Crippen molar-refractivity contribution in [3.63, 3.8) is 0 Å². The molecule has 0 saturated carbocycles. The van der Waals surface area contributed by atoms with Gasteiger partial charge in [-0.25, -0.2) is 4.68 Å². The highest BCUT2D eigenvalue weighted by molar-refractivity contribution is 5.68. The van der Waals surface area contributed by atoms with Crippen LogP contribution in [-0.4, -0.2) is 14.8 Å². The first-order valence-corrected chi connectivity index (χ1v) is 6.68. The number of nitrogen functional groups attached to an aromatic ring is 1. The molecule has 106 valence electrons. The van der Waals surface area contributed by atoms with Gasteiger partial charge in [-0.15, -0.1) is 0 Å². The Morgan fingerprint density at radius 3 is 2.57 bits per heavy atom. The number of H-pyrrole nitrogens is 1. The summed E-state index contributed by atoms with van der Waals surface area (Å²) in [6.07, 6.45) is 1.68. The molecule has 3 N–H and O–H groups in total. The topological polar surface area (TPSA) is 76.7 Å². The average molecular weight is 280 g/mol. The van der Waals surface area contributed by atoms with E-state index in [-0.39, 0.29) is 5.43 Å². The molecule has 5 nitrogen and oxygen atoms in total. The number of para-hydroxylation sites is 1. The third-order valence-corrected chi connectivity index (χ3v) is 3.48. The highest BCUT2D eigenvalue weighted by atomic mass is 16.1. The lowest BCUT2D eigenvalue weighted by molar-refractivity contribution is 0.894. The predicted octanol–water partition coefficient (Wildman–Crippen LogP) is 2.43. The number of aromatic amines is 1. The van der Waals surface area contributed by atoms with E-state index < -0.39 is 0 Å². The fourth-order valence-corrected chi connectivity index (χ4v) is 2.29. The van der Waals surface area contributed by atoms with Crippen molar-refractivity contribution in [2.24, 2.45) is 0 Å². The maximum Gasteiger partial charge on any atom is 0.191 e. The summed E-state index contributed by atoms with van der Waals surface area (Å²) >= 11 is 0. The van der Waals surface area contributed by atoms with Crippen molar-refractivity contribution in [1.29, 1.82) is 0 Å². The van der Waals surface area contributed by atoms with E-state index in [1.54, 1.807) is 16.9 Å². The first kappa shape index (κ1) is 13.2. The summed E-state index contributed by atoms with van der Waals surface area (Å²) in [5.74, 6) is 0.538. The van der Waals surface area contributed by atoms with E-state index in [1.165, 1.54) is 0 Å². The highest BCUT2D eigenvalue weighted by Gasteiger charge is 2.16. The molecule has 0 fully saturated rings. The maximum atomic E-state index is 12.1. The van der Waals surface area contributed by atoms with Crippen LogP contribution < -0.4 is 11.2 Å². The van der Waals surface area contributed by atoms with E-state index in [2.05, 4.69) is 10.1 Å². The second-order valence-corrected chi connectivity index (χ2v) is 5.00. The number of nitrogens with one attached hydrogen (secondary N) is 1. The van der Waals surface area contributed by atoms with E-state index in [1.807, 2.05) is 44.2 Å². The number of pyridine rings is 1. The molecule has 0 radical (unpaired) electrons. The van der Waals surface area contributed by atoms with Crippen LogP contribution in [0.5, 0.6) is 0 Å². The summed E-state index contributed by atoms with van der Waals surface area (Å²) in [5, 5.41) is 4.51. The fourth-order valence-electron chi connectivity index (χ4n) is 2.29. The number of aryl methyl sites for hydroxylation is 1. The second-order valence-electron chi connectivity index (χ2n) is 5.00. The van der Waals surface area contributed by atoms with Gasteiger partial charge in [0, 0.05) is 23.5 Å². The summed E-state index contributed by atoms with van der Waals surface area (Å²) in [6.45, 7) is 3.71. The molecule has 3 rings (SSSR count). The fraction of sp³-hybridized carbons (Fsp3) is 0.125. The van der Waals surface area contributed by atoms with Crippen molar-refractivity contribution in [1.82, 2.24) is 14.8 Å². The summed E-state index contributed by atoms with van der Waals surface area (Å²) in [4.78, 5) is 15.2. The Labute approximate surface area is 122 Å². The normalized spacial score (nSPS) is 10.8. The van der Waals surface area contributed by atoms with Gasteiger partial charge in [-0.3, -0.25) is 4.79 Å². The summed E-state index contributed by atoms with van der Waals surface area (Å²) < 4.78 is 1.66. The van der Waals surface area contributed by atoms with Crippen molar-refractivity contribution in [3.8, 4) is 16.9 Å². The minimum absolute atomic E-state index is 0.0629. The predicted molar refractivity (Wildman–Crippen MR) is 83.5 cm³/mol. The Kier molecular flexibility index (Phi) is 3.10. The molecule has 5 heteroatoms. The number of nitrogens with zero attached hydrogens (tertiary/aromatic N) is 2. The van der Waals surface area contributed by atoms with E-state index in [9.17, 15) is 4.79 Å². The van der Waals surface area contributed by atoms with Crippen LogP contribution in [0.15, 0.2) is 47.4 Å². The van der Waals surface area contributed by atoms with Crippen LogP contribution >= 0.6 is 0 Å². The monoisotopic (exact) mass is 280 g/mol. The molecule has 0 spiro atoms. The minimum Gasteiger partial charge on any atom is -0.383 e. The first-order valence-electron chi connectivity index (χ1n) is 6.68. The lowest BCUT2D eigenvalue weighted by Gasteiger charge is -2.02. The van der Waals surface area contributed by atoms with Gasteiger partial charge in [-0.05, 0) is 26.0 Å². The van der Waals surface area contributed by atoms with Crippen LogP contribution in [0.1, 0.15) is 11.3 Å². The van der Waals surface area contributed by atoms with E-state index in [4.69, 9.17) is 5.73 Å². The molecule has 2 aromatic heterocycles. The lowest BCUT2D eigenvalue weighted by atomic mass is 10.1. The van der Waals surface area contributed by atoms with Gasteiger partial charge in [0.2, 0.25) is 0 Å². The Bertz CT molecular complexity index is 846. The van der Waals surface area contributed by atoms with Crippen molar-refractivity contribution >= 4 is 5.82 Å². The van der Waals surface area contributed by atoms with Crippen molar-refractivity contribution in [2.75, 3.05) is 5.73 Å². The van der Waals surface area contributed by atoms with E-state index in [0.29, 0.717) is 17.1 Å². The Morgan fingerprint density at radius 2 is 1.90 bits per heavy atom. The van der Waals surface area contributed by atoms with Crippen molar-refractivity contribution in [3.05, 3.63) is 64.1 Å². The largest absolute Gasteiger partial charge is 0.383 e. The number of anilines is 1. The van der Waals surface area contributed by atoms with Crippen LogP contribution in [0.3, 0.4) is 0 Å². The van der Waals surface area contributed by atoms with Gasteiger partial charge in [0.1, 0.15) is 11.5 Å². The number of benzene rings is 1. The SMILES string of the molecule is Cc1cc(=O)c(-c2nn(-c3ccccc3)c(N)c2C)c[nH]1. The van der Waals surface area contributed by atoms with Crippen molar-refractivity contribution in [2.45, 2.75) is 13.8 Å². The standard InChI is InChI=1S/C16H16N4O/c1-10-8-14(21)13(9-18-10)15-11(2)16(17)20(19-15)12-6-4-3-5-7-12/h3-9H,17H2,1-2H3,(H,18,21). The minimum atomic E-state index is -0.0629. The van der Waals surface area contributed by atoms with Gasteiger partial charge in [0.25, 0.3) is 0 Å². The smallest absolute Gasteiger partial charge is 0.191 e. The molecular weight excluding hydrogens is 264 g/mol. The van der Waals surface area contributed by atoms with Gasteiger partial charge >= 0.3 is 0 Å². The molecule has 1 aromatic carbocycles. The zero-order chi connectivity index (χ0) is 15.0. The Balaban J connectivity index is 2.20. The third kappa shape index (κ3) is 2.23. The highest BCUT2D eigenvalue weighted by Crippen LogP contribution is 2.26. The van der Waals surface area contributed by atoms with Gasteiger partial charge in [0.05, 0.1) is 11.3 Å². The van der Waals surface area contributed by atoms with Crippen LogP contribution in [0.2, 0.25) is 0 Å². The zero-order valence-electron chi connectivity index (χ0n) is 11.9. The average Bonchev–Trinajstić information content (AvgIpc) is 2.77. The molecular formula is C16H16N4O. The Hall–Kier alpha value is -2.82. The number of nitrogens with two attached hydrogens (primary N) is 1. The third-order valence-electron chi connectivity index (χ3n) is 3.48. The molecule has 0 aliphatic rings. The van der Waals surface area contributed by atoms with Crippen molar-refractivity contribution < 1.29 is 0 Å². The van der Waals surface area contributed by atoms with Gasteiger partial charge in [-0.2, -0.15) is 5.10 Å². The molecule has 0 bridgehead atoms. The molecule has 0 unspecified atom stereocenters. The summed E-state index contributed by atoms with van der Waals surface area (Å²) in [5.41, 5.74) is 9.70. The van der Waals surface area contributed by atoms with Gasteiger partial charge < -0.3 is 10.7 Å². The quantitative estimate of drug-likeness (QED) is 0.757. The van der Waals surface area contributed by atoms with E-state index in [0.717, 1.165) is 16.9 Å². The molecule has 0 saturated heterocycles. The van der Waals surface area contributed by atoms with Crippen LogP contribution in [0, 0.1) is 13.8 Å². The van der Waals surface area contributed by atoms with E-state index >= 15 is 0 Å². The summed E-state index contributed by atoms with van der Waals surface area (Å²) in [7, 11) is 0. The molecule has 2 heterocycles. The number of aromatic nitrogens is 3. The Morgan fingerprint density at radius 1 is 1.19 bits per heavy atom. The first-order chi connectivity index (χ1) is 10.1. The molecule has 0 amide bonds. The van der Waals surface area contributed by atoms with Crippen LogP contribution in [-0.2, 0) is 0 Å². The second kappa shape index (κ2) is 4.94. The number of rotatable bonds is 2. The van der Waals surface area contributed by atoms with Gasteiger partial charge in [0.15, 0.2) is 5.43 Å². The number of hydrogen-bond donors (Lipinski definition) is 2.